The summed E-state index contributed by atoms with van der Waals surface area (Å²) in [6, 6.07) is 37.5. The lowest BCUT2D eigenvalue weighted by Crippen LogP contribution is -2.18. The minimum atomic E-state index is -0.470. The third-order valence-electron chi connectivity index (χ3n) is 6.62. The summed E-state index contributed by atoms with van der Waals surface area (Å²) in [5.74, 6) is 1.23. The van der Waals surface area contributed by atoms with E-state index in [1.54, 1.807) is 11.8 Å². The smallest absolute Gasteiger partial charge is 0.247 e. The lowest BCUT2D eigenvalue weighted by atomic mass is 9.95. The highest BCUT2D eigenvalue weighted by Gasteiger charge is 2.28. The molecule has 0 saturated heterocycles. The first-order chi connectivity index (χ1) is 18.3. The first kappa shape index (κ1) is 21.8. The molecule has 0 spiro atoms. The highest BCUT2D eigenvalue weighted by Crippen LogP contribution is 2.42. The second kappa shape index (κ2) is 9.22. The second-order valence-corrected chi connectivity index (χ2v) is 9.89. The predicted molar refractivity (Wildman–Crippen MR) is 150 cm³/mol. The highest BCUT2D eigenvalue weighted by molar-refractivity contribution is 7.98. The van der Waals surface area contributed by atoms with Crippen LogP contribution in [-0.4, -0.2) is 15.2 Å². The van der Waals surface area contributed by atoms with Gasteiger partial charge in [0, 0.05) is 22.6 Å². The fourth-order valence-electron chi connectivity index (χ4n) is 4.89. The first-order valence-electron chi connectivity index (χ1n) is 12.2. The number of fused-ring (bicyclic) bond motifs is 5. The number of ether oxygens (including phenoxy) is 1. The molecule has 0 saturated carbocycles. The maximum Gasteiger partial charge on any atom is 0.247 e. The molecule has 6 aromatic rings. The molecule has 0 fully saturated rings. The number of anilines is 1. The van der Waals surface area contributed by atoms with Gasteiger partial charge in [0.1, 0.15) is 0 Å². The van der Waals surface area contributed by atoms with E-state index in [1.807, 2.05) is 42.5 Å². The molecule has 7 rings (SSSR count). The highest BCUT2D eigenvalue weighted by atomic mass is 32.2. The molecular formula is C31H22N4OS. The zero-order chi connectivity index (χ0) is 24.6. The number of hydrogen-bond donors (Lipinski definition) is 1. The average molecular weight is 499 g/mol. The van der Waals surface area contributed by atoms with Crippen molar-refractivity contribution in [3.05, 3.63) is 120 Å². The van der Waals surface area contributed by atoms with E-state index in [2.05, 4.69) is 82.2 Å². The van der Waals surface area contributed by atoms with Crippen LogP contribution < -0.4 is 10.1 Å². The van der Waals surface area contributed by atoms with Crippen LogP contribution in [0.2, 0.25) is 0 Å². The Bertz CT molecular complexity index is 1700. The van der Waals surface area contributed by atoms with Crippen LogP contribution in [0.4, 0.5) is 5.69 Å². The second-order valence-electron chi connectivity index (χ2n) is 8.94. The maximum absolute atomic E-state index is 6.70. The van der Waals surface area contributed by atoms with E-state index in [0.29, 0.717) is 16.7 Å². The van der Waals surface area contributed by atoms with Crippen LogP contribution >= 0.6 is 11.8 Å². The molecule has 6 heteroatoms. The SMILES string of the molecule is c1ccc(CSc2nnc3c(n2)OC(c2c4ccccc4cc4ccccc24)Nc2ccccc2-3)cc1. The van der Waals surface area contributed by atoms with Gasteiger partial charge in [-0.25, -0.2) is 0 Å². The Morgan fingerprint density at radius 3 is 2.19 bits per heavy atom. The van der Waals surface area contributed by atoms with E-state index >= 15 is 0 Å². The van der Waals surface area contributed by atoms with Gasteiger partial charge in [-0.1, -0.05) is 109 Å². The maximum atomic E-state index is 6.70. The topological polar surface area (TPSA) is 59.9 Å². The molecule has 5 aromatic carbocycles. The molecule has 5 nitrogen and oxygen atoms in total. The van der Waals surface area contributed by atoms with Crippen molar-refractivity contribution in [2.24, 2.45) is 0 Å². The van der Waals surface area contributed by atoms with Crippen LogP contribution in [0, 0.1) is 0 Å². The van der Waals surface area contributed by atoms with Gasteiger partial charge >= 0.3 is 0 Å². The first-order valence-corrected chi connectivity index (χ1v) is 13.2. The quantitative estimate of drug-likeness (QED) is 0.199. The van der Waals surface area contributed by atoms with Crippen molar-refractivity contribution in [1.82, 2.24) is 15.2 Å². The minimum Gasteiger partial charge on any atom is -0.448 e. The number of hydrogen-bond acceptors (Lipinski definition) is 6. The van der Waals surface area contributed by atoms with Gasteiger partial charge in [-0.15, -0.1) is 10.2 Å². The molecule has 0 radical (unpaired) electrons. The van der Waals surface area contributed by atoms with Gasteiger partial charge in [-0.2, -0.15) is 4.98 Å². The molecule has 0 amide bonds. The number of rotatable bonds is 4. The lowest BCUT2D eigenvalue weighted by Gasteiger charge is -2.23. The number of benzene rings is 5. The fraction of sp³-hybridized carbons (Fsp3) is 0.0645. The molecule has 1 aliphatic rings. The Hall–Kier alpha value is -4.42. The van der Waals surface area contributed by atoms with E-state index in [0.717, 1.165) is 33.3 Å². The summed E-state index contributed by atoms with van der Waals surface area (Å²) < 4.78 is 6.70. The normalized spacial score (nSPS) is 14.3. The summed E-state index contributed by atoms with van der Waals surface area (Å²) in [6.45, 7) is 0. The Morgan fingerprint density at radius 1 is 0.730 bits per heavy atom. The van der Waals surface area contributed by atoms with Crippen molar-refractivity contribution in [3.8, 4) is 17.1 Å². The van der Waals surface area contributed by atoms with Crippen LogP contribution in [0.1, 0.15) is 17.4 Å². The van der Waals surface area contributed by atoms with E-state index in [1.165, 1.54) is 16.3 Å². The van der Waals surface area contributed by atoms with Crippen molar-refractivity contribution in [2.45, 2.75) is 17.1 Å². The summed E-state index contributed by atoms with van der Waals surface area (Å²) in [4.78, 5) is 4.85. The molecule has 0 bridgehead atoms. The molecule has 178 valence electrons. The molecule has 1 aliphatic heterocycles. The number of para-hydroxylation sites is 1. The monoisotopic (exact) mass is 498 g/mol. The van der Waals surface area contributed by atoms with Gasteiger partial charge in [0.25, 0.3) is 0 Å². The zero-order valence-corrected chi connectivity index (χ0v) is 20.7. The third-order valence-corrected chi connectivity index (χ3v) is 7.53. The summed E-state index contributed by atoms with van der Waals surface area (Å²) in [6.07, 6.45) is -0.470. The third kappa shape index (κ3) is 4.05. The van der Waals surface area contributed by atoms with Crippen molar-refractivity contribution in [2.75, 3.05) is 5.32 Å². The number of nitrogens with zero attached hydrogens (tertiary/aromatic N) is 3. The van der Waals surface area contributed by atoms with E-state index in [-0.39, 0.29) is 0 Å². The standard InChI is InChI=1S/C31H22N4OS/c1-2-10-20(11-3-1)19-37-31-33-30-28(34-35-31)25-16-8-9-17-26(25)32-29(36-30)27-23-14-6-4-12-21(23)18-22-13-5-7-15-24(22)27/h1-18,29,32H,19H2. The van der Waals surface area contributed by atoms with E-state index < -0.39 is 6.23 Å². The Balaban J connectivity index is 1.37. The van der Waals surface area contributed by atoms with Crippen molar-refractivity contribution >= 4 is 39.0 Å². The Labute approximate surface area is 218 Å². The van der Waals surface area contributed by atoms with Crippen LogP contribution in [0.15, 0.2) is 114 Å². The molecule has 37 heavy (non-hydrogen) atoms. The van der Waals surface area contributed by atoms with Crippen molar-refractivity contribution in [1.29, 1.82) is 0 Å². The van der Waals surface area contributed by atoms with Crippen LogP contribution in [-0.2, 0) is 5.75 Å². The average Bonchev–Trinajstić information content (AvgIpc) is 3.11. The largest absolute Gasteiger partial charge is 0.448 e. The molecular weight excluding hydrogens is 476 g/mol. The fourth-order valence-corrected chi connectivity index (χ4v) is 5.63. The van der Waals surface area contributed by atoms with Crippen molar-refractivity contribution in [3.63, 3.8) is 0 Å². The zero-order valence-electron chi connectivity index (χ0n) is 19.8. The number of aromatic nitrogens is 3. The molecule has 2 heterocycles. The van der Waals surface area contributed by atoms with Gasteiger partial charge in [-0.05, 0) is 39.2 Å². The number of thioether (sulfide) groups is 1. The number of nitrogens with one attached hydrogen (secondary N) is 1. The van der Waals surface area contributed by atoms with Crippen LogP contribution in [0.3, 0.4) is 0 Å². The Kier molecular flexibility index (Phi) is 5.44. The summed E-state index contributed by atoms with van der Waals surface area (Å²) in [7, 11) is 0. The molecule has 1 aromatic heterocycles. The van der Waals surface area contributed by atoms with E-state index in [9.17, 15) is 0 Å². The molecule has 1 N–H and O–H groups in total. The Morgan fingerprint density at radius 2 is 1.41 bits per heavy atom. The van der Waals surface area contributed by atoms with Crippen LogP contribution in [0.25, 0.3) is 32.8 Å². The van der Waals surface area contributed by atoms with Crippen LogP contribution in [0.5, 0.6) is 5.88 Å². The summed E-state index contributed by atoms with van der Waals surface area (Å²) >= 11 is 1.55. The molecule has 1 atom stereocenters. The molecule has 1 unspecified atom stereocenters. The lowest BCUT2D eigenvalue weighted by molar-refractivity contribution is 0.228. The predicted octanol–water partition coefficient (Wildman–Crippen LogP) is 7.64. The van der Waals surface area contributed by atoms with Gasteiger partial charge in [0.05, 0.1) is 0 Å². The minimum absolute atomic E-state index is 0.470. The van der Waals surface area contributed by atoms with E-state index in [4.69, 9.17) is 9.72 Å². The van der Waals surface area contributed by atoms with Gasteiger partial charge in [0.2, 0.25) is 11.0 Å². The van der Waals surface area contributed by atoms with Gasteiger partial charge < -0.3 is 10.1 Å². The van der Waals surface area contributed by atoms with Crippen molar-refractivity contribution < 1.29 is 4.74 Å². The summed E-state index contributed by atoms with van der Waals surface area (Å²) in [5.41, 5.74) is 4.78. The van der Waals surface area contributed by atoms with Gasteiger partial charge in [-0.3, -0.25) is 0 Å². The summed E-state index contributed by atoms with van der Waals surface area (Å²) in [5, 5.41) is 17.9. The molecule has 0 aliphatic carbocycles. The van der Waals surface area contributed by atoms with Gasteiger partial charge in [0.15, 0.2) is 11.9 Å².